The van der Waals surface area contributed by atoms with Crippen molar-refractivity contribution in [2.75, 3.05) is 7.11 Å². The summed E-state index contributed by atoms with van der Waals surface area (Å²) >= 11 is 0. The molecule has 0 saturated carbocycles. The summed E-state index contributed by atoms with van der Waals surface area (Å²) in [6.45, 7) is 0. The molecule has 1 aliphatic rings. The fourth-order valence-corrected chi connectivity index (χ4v) is 1.66. The van der Waals surface area contributed by atoms with Gasteiger partial charge in [-0.1, -0.05) is 12.2 Å². The van der Waals surface area contributed by atoms with Gasteiger partial charge < -0.3 is 10.5 Å². The average molecular weight is 183 g/mol. The highest BCUT2D eigenvalue weighted by Crippen LogP contribution is 2.18. The number of hydrogen-bond acceptors (Lipinski definition) is 3. The molecule has 0 radical (unpaired) electrons. The molecule has 3 nitrogen and oxygen atoms in total. The van der Waals surface area contributed by atoms with E-state index >= 15 is 0 Å². The van der Waals surface area contributed by atoms with Gasteiger partial charge in [-0.3, -0.25) is 4.79 Å². The molecule has 0 heterocycles. The van der Waals surface area contributed by atoms with Crippen LogP contribution in [0.1, 0.15) is 25.7 Å². The van der Waals surface area contributed by atoms with Gasteiger partial charge in [-0.25, -0.2) is 0 Å². The lowest BCUT2D eigenvalue weighted by atomic mass is 9.90. The third kappa shape index (κ3) is 2.84. The Labute approximate surface area is 78.9 Å². The van der Waals surface area contributed by atoms with Gasteiger partial charge in [0.2, 0.25) is 0 Å². The van der Waals surface area contributed by atoms with Crippen molar-refractivity contribution in [3.63, 3.8) is 0 Å². The number of esters is 1. The van der Waals surface area contributed by atoms with Crippen LogP contribution in [-0.4, -0.2) is 19.1 Å². The number of ether oxygens (including phenoxy) is 1. The Hall–Kier alpha value is -0.830. The molecular formula is C10H17NO2. The van der Waals surface area contributed by atoms with Gasteiger partial charge in [0.15, 0.2) is 0 Å². The zero-order chi connectivity index (χ0) is 9.68. The van der Waals surface area contributed by atoms with Gasteiger partial charge in [0.05, 0.1) is 13.0 Å². The SMILES string of the molecule is COC(=O)[C@@H]1CC/C=C\CC[C@H]1N. The van der Waals surface area contributed by atoms with Crippen LogP contribution in [0.25, 0.3) is 0 Å². The van der Waals surface area contributed by atoms with Gasteiger partial charge in [-0.15, -0.1) is 0 Å². The van der Waals surface area contributed by atoms with E-state index in [1.807, 2.05) is 0 Å². The number of rotatable bonds is 1. The first-order chi connectivity index (χ1) is 6.25. The Balaban J connectivity index is 2.58. The molecule has 0 amide bonds. The maximum Gasteiger partial charge on any atom is 0.310 e. The van der Waals surface area contributed by atoms with Crippen LogP contribution in [0, 0.1) is 5.92 Å². The van der Waals surface area contributed by atoms with Crippen LogP contribution in [-0.2, 0) is 9.53 Å². The van der Waals surface area contributed by atoms with E-state index in [-0.39, 0.29) is 17.9 Å². The third-order valence-corrected chi connectivity index (χ3v) is 2.50. The first-order valence-electron chi connectivity index (χ1n) is 4.74. The van der Waals surface area contributed by atoms with Crippen LogP contribution in [0.3, 0.4) is 0 Å². The van der Waals surface area contributed by atoms with Crippen LogP contribution in [0.15, 0.2) is 12.2 Å². The molecule has 0 fully saturated rings. The lowest BCUT2D eigenvalue weighted by Gasteiger charge is -2.21. The van der Waals surface area contributed by atoms with E-state index in [4.69, 9.17) is 10.5 Å². The number of nitrogens with two attached hydrogens (primary N) is 1. The highest BCUT2D eigenvalue weighted by Gasteiger charge is 2.25. The van der Waals surface area contributed by atoms with E-state index in [1.165, 1.54) is 7.11 Å². The first-order valence-corrected chi connectivity index (χ1v) is 4.74. The maximum absolute atomic E-state index is 11.3. The van der Waals surface area contributed by atoms with Crippen LogP contribution >= 0.6 is 0 Å². The van der Waals surface area contributed by atoms with Gasteiger partial charge in [-0.05, 0) is 25.7 Å². The monoisotopic (exact) mass is 183 g/mol. The van der Waals surface area contributed by atoms with Crippen molar-refractivity contribution in [1.29, 1.82) is 0 Å². The number of methoxy groups -OCH3 is 1. The van der Waals surface area contributed by atoms with E-state index in [0.717, 1.165) is 25.7 Å². The summed E-state index contributed by atoms with van der Waals surface area (Å²) in [6.07, 6.45) is 7.82. The predicted molar refractivity (Wildman–Crippen MR) is 51.1 cm³/mol. The van der Waals surface area contributed by atoms with Crippen molar-refractivity contribution >= 4 is 5.97 Å². The number of carbonyl (C=O) groups is 1. The molecule has 74 valence electrons. The summed E-state index contributed by atoms with van der Waals surface area (Å²) in [5.74, 6) is -0.280. The van der Waals surface area contributed by atoms with E-state index in [1.54, 1.807) is 0 Å². The zero-order valence-corrected chi connectivity index (χ0v) is 8.03. The van der Waals surface area contributed by atoms with Gasteiger partial charge >= 0.3 is 5.97 Å². The lowest BCUT2D eigenvalue weighted by Crippen LogP contribution is -2.36. The largest absolute Gasteiger partial charge is 0.469 e. The lowest BCUT2D eigenvalue weighted by molar-refractivity contribution is -0.146. The summed E-state index contributed by atoms with van der Waals surface area (Å²) in [5, 5.41) is 0. The second-order valence-corrected chi connectivity index (χ2v) is 3.42. The maximum atomic E-state index is 11.3. The van der Waals surface area contributed by atoms with Crippen molar-refractivity contribution < 1.29 is 9.53 Å². The number of carbonyl (C=O) groups excluding carboxylic acids is 1. The molecule has 2 N–H and O–H groups in total. The van der Waals surface area contributed by atoms with Crippen LogP contribution < -0.4 is 5.73 Å². The average Bonchev–Trinajstić information content (AvgIpc) is 2.11. The Morgan fingerprint density at radius 1 is 1.38 bits per heavy atom. The van der Waals surface area contributed by atoms with Gasteiger partial charge in [0, 0.05) is 6.04 Å². The van der Waals surface area contributed by atoms with E-state index in [9.17, 15) is 4.79 Å². The summed E-state index contributed by atoms with van der Waals surface area (Å²) in [4.78, 5) is 11.3. The molecule has 0 aromatic heterocycles. The van der Waals surface area contributed by atoms with Gasteiger partial charge in [0.1, 0.15) is 0 Å². The van der Waals surface area contributed by atoms with Crippen molar-refractivity contribution in [2.24, 2.45) is 11.7 Å². The van der Waals surface area contributed by atoms with Gasteiger partial charge in [0.25, 0.3) is 0 Å². The first kappa shape index (κ1) is 10.3. The smallest absolute Gasteiger partial charge is 0.310 e. The Kier molecular flexibility index (Phi) is 3.96. The summed E-state index contributed by atoms with van der Waals surface area (Å²) in [7, 11) is 1.42. The van der Waals surface area contributed by atoms with Crippen molar-refractivity contribution in [1.82, 2.24) is 0 Å². The summed E-state index contributed by atoms with van der Waals surface area (Å²) in [5.41, 5.74) is 5.89. The van der Waals surface area contributed by atoms with Gasteiger partial charge in [-0.2, -0.15) is 0 Å². The normalized spacial score (nSPS) is 31.5. The molecule has 0 aliphatic heterocycles. The molecule has 0 aromatic rings. The third-order valence-electron chi connectivity index (χ3n) is 2.50. The minimum atomic E-state index is -0.164. The standard InChI is InChI=1S/C10H17NO2/c1-13-10(12)8-6-4-2-3-5-7-9(8)11/h2-3,8-9H,4-7,11H2,1H3/b3-2-/t8-,9-/m1/s1. The molecule has 2 atom stereocenters. The molecule has 3 heteroatoms. The fourth-order valence-electron chi connectivity index (χ4n) is 1.66. The van der Waals surface area contributed by atoms with Crippen LogP contribution in [0.5, 0.6) is 0 Å². The van der Waals surface area contributed by atoms with E-state index in [2.05, 4.69) is 12.2 Å². The number of hydrogen-bond donors (Lipinski definition) is 1. The highest BCUT2D eigenvalue weighted by molar-refractivity contribution is 5.73. The van der Waals surface area contributed by atoms with Crippen molar-refractivity contribution in [3.05, 3.63) is 12.2 Å². The number of allylic oxidation sites excluding steroid dienone is 2. The second-order valence-electron chi connectivity index (χ2n) is 3.42. The highest BCUT2D eigenvalue weighted by atomic mass is 16.5. The second kappa shape index (κ2) is 5.02. The van der Waals surface area contributed by atoms with E-state index in [0.29, 0.717) is 0 Å². The Morgan fingerprint density at radius 2 is 2.00 bits per heavy atom. The quantitative estimate of drug-likeness (QED) is 0.491. The minimum Gasteiger partial charge on any atom is -0.469 e. The van der Waals surface area contributed by atoms with Crippen LogP contribution in [0.2, 0.25) is 0 Å². The molecule has 0 saturated heterocycles. The zero-order valence-electron chi connectivity index (χ0n) is 8.03. The molecule has 0 unspecified atom stereocenters. The van der Waals surface area contributed by atoms with E-state index < -0.39 is 0 Å². The van der Waals surface area contributed by atoms with Crippen LogP contribution in [0.4, 0.5) is 0 Å². The molecule has 0 spiro atoms. The Bertz CT molecular complexity index is 201. The molecule has 1 rings (SSSR count). The topological polar surface area (TPSA) is 52.3 Å². The molecular weight excluding hydrogens is 166 g/mol. The summed E-state index contributed by atoms with van der Waals surface area (Å²) in [6, 6.07) is -0.0441. The predicted octanol–water partition coefficient (Wildman–Crippen LogP) is 1.23. The minimum absolute atomic E-state index is 0.0441. The molecule has 0 aromatic carbocycles. The molecule has 0 bridgehead atoms. The van der Waals surface area contributed by atoms with Crippen molar-refractivity contribution in [2.45, 2.75) is 31.7 Å². The Morgan fingerprint density at radius 3 is 2.62 bits per heavy atom. The molecule has 13 heavy (non-hydrogen) atoms. The summed E-state index contributed by atoms with van der Waals surface area (Å²) < 4.78 is 4.71. The van der Waals surface area contributed by atoms with Crippen molar-refractivity contribution in [3.8, 4) is 0 Å². The fraction of sp³-hybridized carbons (Fsp3) is 0.700. The molecule has 1 aliphatic carbocycles.